The largest absolute Gasteiger partial charge is 0.321 e. The number of aryl methyl sites for hydroxylation is 1. The number of nitrogens with zero attached hydrogens (tertiary/aromatic N) is 2. The zero-order chi connectivity index (χ0) is 16.9. The van der Waals surface area contributed by atoms with Crippen LogP contribution in [0, 0.1) is 6.92 Å². The predicted molar refractivity (Wildman–Crippen MR) is 93.2 cm³/mol. The number of hydrogen-bond donors (Lipinski definition) is 1. The van der Waals surface area contributed by atoms with Crippen LogP contribution >= 0.6 is 0 Å². The molecule has 0 aliphatic rings. The first-order valence-corrected chi connectivity index (χ1v) is 7.62. The number of hydrogen-bond acceptors (Lipinski definition) is 3. The maximum absolute atomic E-state index is 12.4. The van der Waals surface area contributed by atoms with Crippen molar-refractivity contribution in [2.75, 3.05) is 5.32 Å². The summed E-state index contributed by atoms with van der Waals surface area (Å²) in [4.78, 5) is 24.3. The van der Waals surface area contributed by atoms with Crippen molar-refractivity contribution in [1.29, 1.82) is 0 Å². The summed E-state index contributed by atoms with van der Waals surface area (Å²) < 4.78 is 1.29. The molecule has 0 radical (unpaired) electrons. The lowest BCUT2D eigenvalue weighted by molar-refractivity contribution is 0.102. The van der Waals surface area contributed by atoms with Crippen molar-refractivity contribution >= 4 is 11.6 Å². The Hall–Kier alpha value is -3.21. The molecule has 0 saturated heterocycles. The molecule has 0 aliphatic carbocycles. The van der Waals surface area contributed by atoms with Crippen molar-refractivity contribution < 1.29 is 4.79 Å². The maximum Gasteiger partial charge on any atom is 0.276 e. The van der Waals surface area contributed by atoms with Gasteiger partial charge in [-0.2, -0.15) is 5.10 Å². The quantitative estimate of drug-likeness (QED) is 0.804. The van der Waals surface area contributed by atoms with E-state index in [0.29, 0.717) is 12.2 Å². The molecule has 5 heteroatoms. The van der Waals surface area contributed by atoms with Gasteiger partial charge in [-0.15, -0.1) is 0 Å². The third kappa shape index (κ3) is 3.76. The first-order valence-electron chi connectivity index (χ1n) is 7.62. The van der Waals surface area contributed by atoms with Crippen LogP contribution in [0.1, 0.15) is 21.6 Å². The van der Waals surface area contributed by atoms with Crippen molar-refractivity contribution in [2.45, 2.75) is 13.5 Å². The third-order valence-electron chi connectivity index (χ3n) is 3.55. The minimum absolute atomic E-state index is 0.201. The van der Waals surface area contributed by atoms with Crippen LogP contribution in [0.15, 0.2) is 71.5 Å². The van der Waals surface area contributed by atoms with E-state index in [2.05, 4.69) is 10.4 Å². The number of anilines is 1. The van der Waals surface area contributed by atoms with Crippen LogP contribution in [-0.4, -0.2) is 15.7 Å². The summed E-state index contributed by atoms with van der Waals surface area (Å²) >= 11 is 0. The normalized spacial score (nSPS) is 10.4. The highest BCUT2D eigenvalue weighted by molar-refractivity contribution is 6.02. The summed E-state index contributed by atoms with van der Waals surface area (Å²) in [6, 6.07) is 19.8. The second kappa shape index (κ2) is 6.91. The number of rotatable bonds is 4. The van der Waals surface area contributed by atoms with E-state index in [1.165, 1.54) is 16.8 Å². The summed E-state index contributed by atoms with van der Waals surface area (Å²) in [6.45, 7) is 2.28. The number of amides is 1. The van der Waals surface area contributed by atoms with Gasteiger partial charge in [-0.05, 0) is 36.2 Å². The van der Waals surface area contributed by atoms with Gasteiger partial charge >= 0.3 is 0 Å². The van der Waals surface area contributed by atoms with Crippen molar-refractivity contribution in [3.05, 3.63) is 93.9 Å². The Balaban J connectivity index is 1.82. The molecule has 0 fully saturated rings. The molecule has 0 aliphatic heterocycles. The number of aromatic nitrogens is 2. The van der Waals surface area contributed by atoms with E-state index in [0.717, 1.165) is 11.1 Å². The van der Waals surface area contributed by atoms with Crippen LogP contribution in [-0.2, 0) is 6.54 Å². The summed E-state index contributed by atoms with van der Waals surface area (Å²) in [5, 5.41) is 6.97. The average molecular weight is 319 g/mol. The summed E-state index contributed by atoms with van der Waals surface area (Å²) in [7, 11) is 0. The molecular weight excluding hydrogens is 302 g/mol. The van der Waals surface area contributed by atoms with Gasteiger partial charge < -0.3 is 5.32 Å². The number of carbonyl (C=O) groups excluding carboxylic acids is 1. The minimum atomic E-state index is -0.345. The fourth-order valence-electron chi connectivity index (χ4n) is 2.36. The van der Waals surface area contributed by atoms with Gasteiger partial charge in [0.05, 0.1) is 6.54 Å². The van der Waals surface area contributed by atoms with Gasteiger partial charge in [-0.1, -0.05) is 42.5 Å². The van der Waals surface area contributed by atoms with Crippen LogP contribution < -0.4 is 10.9 Å². The molecule has 3 aromatic rings. The predicted octanol–water partition coefficient (Wildman–Crippen LogP) is 2.85. The smallest absolute Gasteiger partial charge is 0.276 e. The molecule has 1 amide bonds. The Labute approximate surface area is 139 Å². The third-order valence-corrected chi connectivity index (χ3v) is 3.55. The summed E-state index contributed by atoms with van der Waals surface area (Å²) in [6.07, 6.45) is 0. The molecule has 0 bridgehead atoms. The highest BCUT2D eigenvalue weighted by atomic mass is 16.2. The molecule has 1 heterocycles. The van der Waals surface area contributed by atoms with E-state index >= 15 is 0 Å². The summed E-state index contributed by atoms with van der Waals surface area (Å²) in [5.74, 6) is -0.345. The molecule has 5 nitrogen and oxygen atoms in total. The zero-order valence-corrected chi connectivity index (χ0v) is 13.3. The monoisotopic (exact) mass is 319 g/mol. The Morgan fingerprint density at radius 1 is 1.04 bits per heavy atom. The van der Waals surface area contributed by atoms with Gasteiger partial charge in [-0.3, -0.25) is 9.59 Å². The van der Waals surface area contributed by atoms with Crippen LogP contribution in [0.5, 0.6) is 0 Å². The fourth-order valence-corrected chi connectivity index (χ4v) is 2.36. The van der Waals surface area contributed by atoms with E-state index in [1.54, 1.807) is 0 Å². The lowest BCUT2D eigenvalue weighted by Crippen LogP contribution is -2.26. The van der Waals surface area contributed by atoms with E-state index in [4.69, 9.17) is 0 Å². The molecule has 0 atom stereocenters. The SMILES string of the molecule is Cc1cccc(NC(=O)c2ccc(=O)n(Cc3ccccc3)n2)c1. The standard InChI is InChI=1S/C19H17N3O2/c1-14-6-5-9-16(12-14)20-19(24)17-10-11-18(23)22(21-17)13-15-7-3-2-4-8-15/h2-12H,13H2,1H3,(H,20,24). The molecule has 0 spiro atoms. The van der Waals surface area contributed by atoms with E-state index in [9.17, 15) is 9.59 Å². The van der Waals surface area contributed by atoms with Crippen LogP contribution in [0.2, 0.25) is 0 Å². The molecule has 0 unspecified atom stereocenters. The average Bonchev–Trinajstić information content (AvgIpc) is 2.58. The first-order chi connectivity index (χ1) is 11.6. The topological polar surface area (TPSA) is 64.0 Å². The van der Waals surface area contributed by atoms with Crippen LogP contribution in [0.4, 0.5) is 5.69 Å². The zero-order valence-electron chi connectivity index (χ0n) is 13.3. The number of carbonyl (C=O) groups is 1. The Morgan fingerprint density at radius 3 is 2.58 bits per heavy atom. The second-order valence-electron chi connectivity index (χ2n) is 5.52. The van der Waals surface area contributed by atoms with E-state index in [1.807, 2.05) is 61.5 Å². The minimum Gasteiger partial charge on any atom is -0.321 e. The molecule has 2 aromatic carbocycles. The Morgan fingerprint density at radius 2 is 1.83 bits per heavy atom. The highest BCUT2D eigenvalue weighted by Crippen LogP contribution is 2.10. The molecule has 24 heavy (non-hydrogen) atoms. The van der Waals surface area contributed by atoms with E-state index in [-0.39, 0.29) is 17.2 Å². The first kappa shape index (κ1) is 15.7. The van der Waals surface area contributed by atoms with Gasteiger partial charge in [0, 0.05) is 11.8 Å². The van der Waals surface area contributed by atoms with E-state index < -0.39 is 0 Å². The fraction of sp³-hybridized carbons (Fsp3) is 0.105. The van der Waals surface area contributed by atoms with Crippen molar-refractivity contribution in [3.63, 3.8) is 0 Å². The van der Waals surface area contributed by atoms with Gasteiger partial charge in [0.25, 0.3) is 11.5 Å². The van der Waals surface area contributed by atoms with Gasteiger partial charge in [0.15, 0.2) is 0 Å². The number of nitrogens with one attached hydrogen (secondary N) is 1. The maximum atomic E-state index is 12.4. The Kier molecular flexibility index (Phi) is 4.52. The molecule has 1 aromatic heterocycles. The van der Waals surface area contributed by atoms with Crippen molar-refractivity contribution in [2.24, 2.45) is 0 Å². The van der Waals surface area contributed by atoms with Crippen LogP contribution in [0.25, 0.3) is 0 Å². The molecule has 0 saturated carbocycles. The lowest BCUT2D eigenvalue weighted by atomic mass is 10.2. The van der Waals surface area contributed by atoms with Crippen molar-refractivity contribution in [1.82, 2.24) is 9.78 Å². The molecule has 3 rings (SSSR count). The Bertz CT molecular complexity index is 917. The molecular formula is C19H17N3O2. The lowest BCUT2D eigenvalue weighted by Gasteiger charge is -2.08. The van der Waals surface area contributed by atoms with Crippen molar-refractivity contribution in [3.8, 4) is 0 Å². The second-order valence-corrected chi connectivity index (χ2v) is 5.52. The van der Waals surface area contributed by atoms with Crippen LogP contribution in [0.3, 0.4) is 0 Å². The molecule has 120 valence electrons. The van der Waals surface area contributed by atoms with Gasteiger partial charge in [-0.25, -0.2) is 4.68 Å². The van der Waals surface area contributed by atoms with Gasteiger partial charge in [0.2, 0.25) is 0 Å². The molecule has 1 N–H and O–H groups in total. The highest BCUT2D eigenvalue weighted by Gasteiger charge is 2.10. The summed E-state index contributed by atoms with van der Waals surface area (Å²) in [5.41, 5.74) is 2.65. The van der Waals surface area contributed by atoms with Gasteiger partial charge in [0.1, 0.15) is 5.69 Å². The number of benzene rings is 2.